The fourth-order valence-electron chi connectivity index (χ4n) is 1.56. The van der Waals surface area contributed by atoms with Gasteiger partial charge in [-0.05, 0) is 31.0 Å². The van der Waals surface area contributed by atoms with Gasteiger partial charge in [-0.15, -0.1) is 11.8 Å². The van der Waals surface area contributed by atoms with Gasteiger partial charge in [0, 0.05) is 9.72 Å². The lowest BCUT2D eigenvalue weighted by Crippen LogP contribution is -2.30. The molecule has 1 fully saturated rings. The molecule has 0 radical (unpaired) electrons. The predicted molar refractivity (Wildman–Crippen MR) is 65.6 cm³/mol. The number of aliphatic hydroxyl groups is 1. The van der Waals surface area contributed by atoms with E-state index in [2.05, 4.69) is 22.0 Å². The van der Waals surface area contributed by atoms with Crippen molar-refractivity contribution in [1.29, 1.82) is 0 Å². The Bertz CT molecular complexity index is 350. The summed E-state index contributed by atoms with van der Waals surface area (Å²) >= 11 is 5.23. The Morgan fingerprint density at radius 3 is 2.80 bits per heavy atom. The average molecular weight is 289 g/mol. The van der Waals surface area contributed by atoms with Gasteiger partial charge in [0.05, 0.1) is 18.1 Å². The maximum Gasteiger partial charge on any atom is 0.132 e. The van der Waals surface area contributed by atoms with E-state index in [9.17, 15) is 5.11 Å². The molecule has 0 saturated heterocycles. The second-order valence-corrected chi connectivity index (χ2v) is 5.92. The molecule has 0 heterocycles. The molecule has 2 nitrogen and oxygen atoms in total. The molecule has 1 aromatic carbocycles. The second-order valence-electron chi connectivity index (χ2n) is 3.66. The van der Waals surface area contributed by atoms with E-state index in [-0.39, 0.29) is 6.10 Å². The number of hydrogen-bond acceptors (Lipinski definition) is 3. The van der Waals surface area contributed by atoms with Crippen molar-refractivity contribution in [2.45, 2.75) is 29.1 Å². The number of halogens is 1. The molecule has 4 heteroatoms. The van der Waals surface area contributed by atoms with Crippen molar-refractivity contribution in [3.05, 3.63) is 22.7 Å². The van der Waals surface area contributed by atoms with Crippen LogP contribution < -0.4 is 4.74 Å². The third-order valence-corrected chi connectivity index (χ3v) is 4.27. The van der Waals surface area contributed by atoms with Crippen molar-refractivity contribution in [1.82, 2.24) is 0 Å². The largest absolute Gasteiger partial charge is 0.496 e. The van der Waals surface area contributed by atoms with Crippen LogP contribution in [0.3, 0.4) is 0 Å². The summed E-state index contributed by atoms with van der Waals surface area (Å²) in [6.07, 6.45) is 1.68. The second kappa shape index (κ2) is 4.76. The van der Waals surface area contributed by atoms with E-state index < -0.39 is 0 Å². The SMILES string of the molecule is COc1ccc(Br)cc1S[C@H]1C[C@H](O)C1. The summed E-state index contributed by atoms with van der Waals surface area (Å²) in [4.78, 5) is 1.14. The Balaban J connectivity index is 2.08. The van der Waals surface area contributed by atoms with Gasteiger partial charge >= 0.3 is 0 Å². The van der Waals surface area contributed by atoms with Crippen molar-refractivity contribution in [2.75, 3.05) is 7.11 Å². The lowest BCUT2D eigenvalue weighted by Gasteiger charge is -2.31. The molecule has 1 N–H and O–H groups in total. The van der Waals surface area contributed by atoms with Gasteiger partial charge in [-0.25, -0.2) is 0 Å². The summed E-state index contributed by atoms with van der Waals surface area (Å²) in [5.41, 5.74) is 0. The van der Waals surface area contributed by atoms with E-state index in [4.69, 9.17) is 4.74 Å². The number of rotatable bonds is 3. The first-order chi connectivity index (χ1) is 7.19. The fraction of sp³-hybridized carbons (Fsp3) is 0.455. The number of methoxy groups -OCH3 is 1. The van der Waals surface area contributed by atoms with Gasteiger partial charge in [0.2, 0.25) is 0 Å². The molecular weight excluding hydrogens is 276 g/mol. The van der Waals surface area contributed by atoms with Gasteiger partial charge in [-0.1, -0.05) is 15.9 Å². The first-order valence-electron chi connectivity index (χ1n) is 4.87. The molecule has 1 saturated carbocycles. The zero-order valence-corrected chi connectivity index (χ0v) is 10.8. The van der Waals surface area contributed by atoms with Crippen molar-refractivity contribution in [3.8, 4) is 5.75 Å². The molecule has 0 atom stereocenters. The molecule has 15 heavy (non-hydrogen) atoms. The van der Waals surface area contributed by atoms with E-state index in [1.165, 1.54) is 0 Å². The number of ether oxygens (including phenoxy) is 1. The van der Waals surface area contributed by atoms with Crippen LogP contribution in [-0.4, -0.2) is 23.6 Å². The summed E-state index contributed by atoms with van der Waals surface area (Å²) in [6, 6.07) is 5.99. The van der Waals surface area contributed by atoms with Crippen LogP contribution in [0.1, 0.15) is 12.8 Å². The molecule has 0 spiro atoms. The summed E-state index contributed by atoms with van der Waals surface area (Å²) in [7, 11) is 1.68. The average Bonchev–Trinajstić information content (AvgIpc) is 2.16. The molecule has 0 aromatic heterocycles. The molecule has 1 aliphatic rings. The highest BCUT2D eigenvalue weighted by Crippen LogP contribution is 2.41. The van der Waals surface area contributed by atoms with Crippen LogP contribution in [0.25, 0.3) is 0 Å². The van der Waals surface area contributed by atoms with Crippen LogP contribution in [-0.2, 0) is 0 Å². The first kappa shape index (κ1) is 11.3. The van der Waals surface area contributed by atoms with Crippen LogP contribution in [0.15, 0.2) is 27.6 Å². The lowest BCUT2D eigenvalue weighted by atomic mass is 9.96. The van der Waals surface area contributed by atoms with Gasteiger partial charge in [-0.2, -0.15) is 0 Å². The molecule has 2 rings (SSSR count). The van der Waals surface area contributed by atoms with Crippen LogP contribution >= 0.6 is 27.7 Å². The smallest absolute Gasteiger partial charge is 0.132 e. The lowest BCUT2D eigenvalue weighted by molar-refractivity contribution is 0.101. The number of aliphatic hydroxyl groups excluding tert-OH is 1. The van der Waals surface area contributed by atoms with E-state index >= 15 is 0 Å². The Kier molecular flexibility index (Phi) is 3.59. The Hall–Kier alpha value is -0.190. The van der Waals surface area contributed by atoms with E-state index in [1.54, 1.807) is 18.9 Å². The number of thioether (sulfide) groups is 1. The van der Waals surface area contributed by atoms with E-state index in [0.717, 1.165) is 28.0 Å². The third kappa shape index (κ3) is 2.68. The highest BCUT2D eigenvalue weighted by Gasteiger charge is 2.28. The summed E-state index contributed by atoms with van der Waals surface area (Å²) in [5, 5.41) is 9.75. The standard InChI is InChI=1S/C11H13BrO2S/c1-14-10-3-2-7(12)4-11(10)15-9-5-8(13)6-9/h2-4,8-9,13H,5-6H2,1H3/t8-,9-. The summed E-state index contributed by atoms with van der Waals surface area (Å²) in [5.74, 6) is 0.907. The minimum Gasteiger partial charge on any atom is -0.496 e. The minimum absolute atomic E-state index is 0.0966. The Morgan fingerprint density at radius 1 is 1.47 bits per heavy atom. The van der Waals surface area contributed by atoms with Crippen LogP contribution in [0, 0.1) is 0 Å². The number of hydrogen-bond donors (Lipinski definition) is 1. The Labute approximate surface area is 102 Å². The topological polar surface area (TPSA) is 29.5 Å². The molecule has 1 aliphatic carbocycles. The molecule has 0 bridgehead atoms. The van der Waals surface area contributed by atoms with Gasteiger partial charge in [0.15, 0.2) is 0 Å². The maximum atomic E-state index is 9.22. The molecule has 0 amide bonds. The highest BCUT2D eigenvalue weighted by molar-refractivity contribution is 9.10. The van der Waals surface area contributed by atoms with E-state index in [0.29, 0.717) is 5.25 Å². The zero-order valence-electron chi connectivity index (χ0n) is 8.44. The first-order valence-corrected chi connectivity index (χ1v) is 6.54. The molecule has 0 aliphatic heterocycles. The van der Waals surface area contributed by atoms with Gasteiger partial charge in [0.1, 0.15) is 5.75 Å². The zero-order chi connectivity index (χ0) is 10.8. The minimum atomic E-state index is -0.0966. The van der Waals surface area contributed by atoms with Gasteiger partial charge in [-0.3, -0.25) is 0 Å². The Morgan fingerprint density at radius 2 is 2.20 bits per heavy atom. The van der Waals surface area contributed by atoms with Crippen molar-refractivity contribution >= 4 is 27.7 Å². The van der Waals surface area contributed by atoms with E-state index in [1.807, 2.05) is 12.1 Å². The predicted octanol–water partition coefficient (Wildman–Crippen LogP) is 3.07. The third-order valence-electron chi connectivity index (χ3n) is 2.49. The van der Waals surface area contributed by atoms with Crippen molar-refractivity contribution in [3.63, 3.8) is 0 Å². The number of benzene rings is 1. The molecule has 1 aromatic rings. The summed E-state index contributed by atoms with van der Waals surface area (Å²) in [6.45, 7) is 0. The van der Waals surface area contributed by atoms with Crippen LogP contribution in [0.5, 0.6) is 5.75 Å². The molecule has 0 unspecified atom stereocenters. The molecule has 82 valence electrons. The normalized spacial score (nSPS) is 24.7. The monoisotopic (exact) mass is 288 g/mol. The summed E-state index contributed by atoms with van der Waals surface area (Å²) < 4.78 is 6.35. The quantitative estimate of drug-likeness (QED) is 0.927. The van der Waals surface area contributed by atoms with Crippen LogP contribution in [0.4, 0.5) is 0 Å². The maximum absolute atomic E-state index is 9.22. The highest BCUT2D eigenvalue weighted by atomic mass is 79.9. The molecular formula is C11H13BrO2S. The fourth-order valence-corrected chi connectivity index (χ4v) is 3.53. The van der Waals surface area contributed by atoms with Gasteiger partial charge in [0.25, 0.3) is 0 Å². The van der Waals surface area contributed by atoms with Crippen molar-refractivity contribution < 1.29 is 9.84 Å². The van der Waals surface area contributed by atoms with Gasteiger partial charge < -0.3 is 9.84 Å². The van der Waals surface area contributed by atoms with Crippen LogP contribution in [0.2, 0.25) is 0 Å². The van der Waals surface area contributed by atoms with Crippen molar-refractivity contribution in [2.24, 2.45) is 0 Å².